The molecule has 1 heterocycles. The quantitative estimate of drug-likeness (QED) is 0.625. The third kappa shape index (κ3) is 6.08. The first-order valence-corrected chi connectivity index (χ1v) is 7.66. The molecule has 0 aliphatic rings. The lowest BCUT2D eigenvalue weighted by atomic mass is 10.4. The fraction of sp³-hybridized carbons (Fsp3) is 0.800. The first-order chi connectivity index (χ1) is 8.53. The smallest absolute Gasteiger partial charge is 0.223 e. The number of aromatic nitrogens is 2. The van der Waals surface area contributed by atoms with Gasteiger partial charge in [-0.2, -0.15) is 4.98 Å². The van der Waals surface area contributed by atoms with E-state index >= 15 is 0 Å². The maximum atomic E-state index is 11.6. The highest BCUT2D eigenvalue weighted by atomic mass is 32.2. The monoisotopic (exact) mass is 276 g/mol. The van der Waals surface area contributed by atoms with Crippen molar-refractivity contribution in [1.29, 1.82) is 0 Å². The summed E-state index contributed by atoms with van der Waals surface area (Å²) in [7, 11) is -3.27. The highest BCUT2D eigenvalue weighted by Crippen LogP contribution is 1.96. The van der Waals surface area contributed by atoms with Crippen molar-refractivity contribution < 1.29 is 12.9 Å². The van der Waals surface area contributed by atoms with Crippen LogP contribution in [0.2, 0.25) is 0 Å². The van der Waals surface area contributed by atoms with Gasteiger partial charge in [0, 0.05) is 6.92 Å². The molecule has 0 atom stereocenters. The average molecular weight is 276 g/mol. The molecule has 0 unspecified atom stereocenters. The zero-order chi connectivity index (χ0) is 13.4. The van der Waals surface area contributed by atoms with Gasteiger partial charge in [-0.25, -0.2) is 13.1 Å². The van der Waals surface area contributed by atoms with Crippen LogP contribution in [0.15, 0.2) is 4.52 Å². The average Bonchev–Trinajstić information content (AvgIpc) is 2.73. The number of sulfonamides is 1. The molecule has 0 aliphatic heterocycles. The molecule has 7 nitrogen and oxygen atoms in total. The van der Waals surface area contributed by atoms with Crippen LogP contribution in [0.3, 0.4) is 0 Å². The van der Waals surface area contributed by atoms with Gasteiger partial charge in [-0.05, 0) is 25.9 Å². The van der Waals surface area contributed by atoms with Gasteiger partial charge in [0.1, 0.15) is 0 Å². The van der Waals surface area contributed by atoms with Crippen molar-refractivity contribution in [2.45, 2.75) is 33.2 Å². The van der Waals surface area contributed by atoms with Gasteiger partial charge in [-0.3, -0.25) is 0 Å². The van der Waals surface area contributed by atoms with E-state index in [1.165, 1.54) is 0 Å². The summed E-state index contributed by atoms with van der Waals surface area (Å²) in [6.45, 7) is 5.41. The third-order valence-corrected chi connectivity index (χ3v) is 3.62. The van der Waals surface area contributed by atoms with Gasteiger partial charge in [-0.15, -0.1) is 0 Å². The number of nitrogens with zero attached hydrogens (tertiary/aromatic N) is 2. The van der Waals surface area contributed by atoms with E-state index in [0.717, 1.165) is 13.0 Å². The number of aryl methyl sites for hydroxylation is 1. The Kier molecular flexibility index (Phi) is 6.23. The molecule has 0 spiro atoms. The molecule has 0 aliphatic carbocycles. The Morgan fingerprint density at radius 2 is 2.11 bits per heavy atom. The van der Waals surface area contributed by atoms with Crippen LogP contribution in [0.1, 0.15) is 31.5 Å². The molecule has 1 aromatic heterocycles. The van der Waals surface area contributed by atoms with E-state index in [1.54, 1.807) is 6.92 Å². The minimum absolute atomic E-state index is 0.0715. The van der Waals surface area contributed by atoms with E-state index in [9.17, 15) is 8.42 Å². The normalized spacial score (nSPS) is 11.9. The van der Waals surface area contributed by atoms with Crippen molar-refractivity contribution in [3.05, 3.63) is 11.7 Å². The first kappa shape index (κ1) is 15.1. The van der Waals surface area contributed by atoms with Crippen molar-refractivity contribution in [3.8, 4) is 0 Å². The lowest BCUT2D eigenvalue weighted by Gasteiger charge is -2.05. The molecule has 104 valence electrons. The molecule has 0 aromatic carbocycles. The van der Waals surface area contributed by atoms with Crippen molar-refractivity contribution in [1.82, 2.24) is 20.2 Å². The lowest BCUT2D eigenvalue weighted by molar-refractivity contribution is 0.387. The zero-order valence-corrected chi connectivity index (χ0v) is 11.6. The van der Waals surface area contributed by atoms with Crippen molar-refractivity contribution in [3.63, 3.8) is 0 Å². The summed E-state index contributed by atoms with van der Waals surface area (Å²) in [5, 5.41) is 6.77. The van der Waals surface area contributed by atoms with E-state index in [2.05, 4.69) is 27.1 Å². The summed E-state index contributed by atoms with van der Waals surface area (Å²) < 4.78 is 30.4. The Balaban J connectivity index is 2.23. The van der Waals surface area contributed by atoms with Gasteiger partial charge in [0.2, 0.25) is 15.9 Å². The Labute approximate surface area is 107 Å². The van der Waals surface area contributed by atoms with Crippen LogP contribution in [0.4, 0.5) is 0 Å². The topological polar surface area (TPSA) is 97.1 Å². The van der Waals surface area contributed by atoms with E-state index in [0.29, 0.717) is 24.7 Å². The molecule has 0 radical (unpaired) electrons. The van der Waals surface area contributed by atoms with Gasteiger partial charge in [-0.1, -0.05) is 12.1 Å². The third-order valence-electron chi connectivity index (χ3n) is 2.21. The van der Waals surface area contributed by atoms with Crippen LogP contribution >= 0.6 is 0 Å². The molecule has 18 heavy (non-hydrogen) atoms. The van der Waals surface area contributed by atoms with Gasteiger partial charge < -0.3 is 9.84 Å². The molecule has 1 aromatic rings. The van der Waals surface area contributed by atoms with Crippen LogP contribution < -0.4 is 10.0 Å². The van der Waals surface area contributed by atoms with Crippen LogP contribution in [0.5, 0.6) is 0 Å². The van der Waals surface area contributed by atoms with Crippen LogP contribution in [0.25, 0.3) is 0 Å². The minimum Gasteiger partial charge on any atom is -0.340 e. The van der Waals surface area contributed by atoms with Gasteiger partial charge in [0.05, 0.1) is 12.3 Å². The summed E-state index contributed by atoms with van der Waals surface area (Å²) in [6, 6.07) is 0. The molecule has 8 heteroatoms. The van der Waals surface area contributed by atoms with E-state index in [4.69, 9.17) is 4.52 Å². The molecule has 0 saturated carbocycles. The van der Waals surface area contributed by atoms with Crippen LogP contribution in [-0.4, -0.2) is 37.4 Å². The van der Waals surface area contributed by atoms with Crippen molar-refractivity contribution >= 4 is 10.0 Å². The molecule has 2 N–H and O–H groups in total. The predicted octanol–water partition coefficient (Wildman–Crippen LogP) is 0.187. The number of rotatable bonds is 9. The summed E-state index contributed by atoms with van der Waals surface area (Å²) in [5.41, 5.74) is 0. The molecule has 0 saturated heterocycles. The highest BCUT2D eigenvalue weighted by molar-refractivity contribution is 7.89. The summed E-state index contributed by atoms with van der Waals surface area (Å²) in [4.78, 5) is 3.92. The first-order valence-electron chi connectivity index (χ1n) is 6.00. The minimum atomic E-state index is -3.27. The molecule has 0 fully saturated rings. The maximum Gasteiger partial charge on any atom is 0.223 e. The second-order valence-corrected chi connectivity index (χ2v) is 5.90. The van der Waals surface area contributed by atoms with E-state index in [-0.39, 0.29) is 12.3 Å². The molecule has 1 rings (SSSR count). The van der Waals surface area contributed by atoms with Gasteiger partial charge >= 0.3 is 0 Å². The summed E-state index contributed by atoms with van der Waals surface area (Å²) in [6.07, 6.45) is 1.63. The second kappa shape index (κ2) is 7.45. The fourth-order valence-electron chi connectivity index (χ4n) is 1.35. The molecular weight excluding hydrogens is 256 g/mol. The van der Waals surface area contributed by atoms with Crippen molar-refractivity contribution in [2.75, 3.05) is 18.8 Å². The fourth-order valence-corrected chi connectivity index (χ4v) is 2.37. The summed E-state index contributed by atoms with van der Waals surface area (Å²) in [5.74, 6) is 0.869. The zero-order valence-electron chi connectivity index (χ0n) is 10.8. The van der Waals surface area contributed by atoms with E-state index in [1.807, 2.05) is 0 Å². The highest BCUT2D eigenvalue weighted by Gasteiger charge is 2.11. The summed E-state index contributed by atoms with van der Waals surface area (Å²) >= 11 is 0. The van der Waals surface area contributed by atoms with E-state index < -0.39 is 10.0 Å². The predicted molar refractivity (Wildman–Crippen MR) is 67.4 cm³/mol. The SMILES string of the molecule is CCCNCCCS(=O)(=O)NCc1noc(C)n1. The Bertz CT molecular complexity index is 444. The Morgan fingerprint density at radius 3 is 2.72 bits per heavy atom. The number of hydrogen-bond donors (Lipinski definition) is 2. The number of nitrogens with one attached hydrogen (secondary N) is 2. The standard InChI is InChI=1S/C10H20N4O3S/c1-3-5-11-6-4-7-18(15,16)12-8-10-13-9(2)17-14-10/h11-12H,3-8H2,1-2H3. The van der Waals surface area contributed by atoms with Gasteiger partial charge in [0.15, 0.2) is 5.82 Å². The Hall–Kier alpha value is -0.990. The Morgan fingerprint density at radius 1 is 1.33 bits per heavy atom. The maximum absolute atomic E-state index is 11.6. The molecule has 0 bridgehead atoms. The van der Waals surface area contributed by atoms with Crippen molar-refractivity contribution in [2.24, 2.45) is 0 Å². The van der Waals surface area contributed by atoms with Crippen LogP contribution in [0, 0.1) is 6.92 Å². The van der Waals surface area contributed by atoms with Gasteiger partial charge in [0.25, 0.3) is 0 Å². The molecular formula is C10H20N4O3S. The molecule has 0 amide bonds. The van der Waals surface area contributed by atoms with Crippen LogP contribution in [-0.2, 0) is 16.6 Å². The second-order valence-electron chi connectivity index (χ2n) is 3.97. The largest absolute Gasteiger partial charge is 0.340 e. The number of hydrogen-bond acceptors (Lipinski definition) is 6. The lowest BCUT2D eigenvalue weighted by Crippen LogP contribution is -2.28.